The second-order valence-electron chi connectivity index (χ2n) is 5.85. The highest BCUT2D eigenvalue weighted by atomic mass is 35.5. The second kappa shape index (κ2) is 6.68. The van der Waals surface area contributed by atoms with Crippen molar-refractivity contribution >= 4 is 34.2 Å². The van der Waals surface area contributed by atoms with E-state index in [-0.39, 0.29) is 28.0 Å². The van der Waals surface area contributed by atoms with Crippen LogP contribution in [-0.2, 0) is 0 Å². The summed E-state index contributed by atoms with van der Waals surface area (Å²) in [5.74, 6) is -1.98. The molecule has 26 heavy (non-hydrogen) atoms. The molecule has 0 bridgehead atoms. The van der Waals surface area contributed by atoms with E-state index in [1.807, 2.05) is 13.8 Å². The number of rotatable bonds is 4. The summed E-state index contributed by atoms with van der Waals surface area (Å²) in [6.07, 6.45) is 1.20. The number of aromatic hydroxyl groups is 1. The third-order valence-corrected chi connectivity index (χ3v) is 3.95. The lowest BCUT2D eigenvalue weighted by molar-refractivity contribution is 0.0676. The van der Waals surface area contributed by atoms with Crippen molar-refractivity contribution in [3.8, 4) is 11.5 Å². The highest BCUT2D eigenvalue weighted by Gasteiger charge is 2.23. The van der Waals surface area contributed by atoms with Crippen LogP contribution in [0.3, 0.4) is 0 Å². The van der Waals surface area contributed by atoms with Gasteiger partial charge in [-0.2, -0.15) is 0 Å². The van der Waals surface area contributed by atoms with E-state index >= 15 is 0 Å². The third kappa shape index (κ3) is 3.09. The van der Waals surface area contributed by atoms with Gasteiger partial charge in [0.2, 0.25) is 0 Å². The molecular formula is C18H15ClN2O5. The Bertz CT molecular complexity index is 1030. The largest absolute Gasteiger partial charge is 0.505 e. The standard InChI is InChI=1S/C18H15ClN2O5/c1-9(2)26-10-5-6-11-12(8-10)15(22)14(20-16(11)19)17(23)21-7-3-4-13(21)18(24)25/h3-9,22H,1-2H3,(H,24,25). The van der Waals surface area contributed by atoms with E-state index in [9.17, 15) is 14.7 Å². The Balaban J connectivity index is 2.17. The summed E-state index contributed by atoms with van der Waals surface area (Å²) in [5, 5.41) is 20.5. The minimum atomic E-state index is -1.28. The molecule has 0 unspecified atom stereocenters. The van der Waals surface area contributed by atoms with Gasteiger partial charge in [-0.05, 0) is 44.2 Å². The quantitative estimate of drug-likeness (QED) is 0.677. The number of pyridine rings is 1. The molecule has 0 amide bonds. The van der Waals surface area contributed by atoms with Gasteiger partial charge < -0.3 is 14.9 Å². The molecule has 0 spiro atoms. The molecule has 0 atom stereocenters. The van der Waals surface area contributed by atoms with E-state index in [0.29, 0.717) is 11.1 Å². The fraction of sp³-hybridized carbons (Fsp3) is 0.167. The van der Waals surface area contributed by atoms with E-state index in [2.05, 4.69) is 4.98 Å². The first-order chi connectivity index (χ1) is 12.3. The third-order valence-electron chi connectivity index (χ3n) is 3.66. The number of fused-ring (bicyclic) bond motifs is 1. The number of benzene rings is 1. The lowest BCUT2D eigenvalue weighted by Gasteiger charge is -2.13. The normalized spacial score (nSPS) is 11.1. The maximum Gasteiger partial charge on any atom is 0.352 e. The Labute approximate surface area is 153 Å². The van der Waals surface area contributed by atoms with Crippen LogP contribution in [-0.4, -0.2) is 37.7 Å². The molecule has 1 aromatic carbocycles. The van der Waals surface area contributed by atoms with E-state index in [4.69, 9.17) is 21.4 Å². The molecule has 134 valence electrons. The lowest BCUT2D eigenvalue weighted by Crippen LogP contribution is -2.18. The average Bonchev–Trinajstić information content (AvgIpc) is 3.07. The van der Waals surface area contributed by atoms with Gasteiger partial charge in [0.25, 0.3) is 5.91 Å². The maximum atomic E-state index is 12.7. The van der Waals surface area contributed by atoms with E-state index in [1.54, 1.807) is 18.2 Å². The molecule has 2 aromatic heterocycles. The van der Waals surface area contributed by atoms with Crippen LogP contribution in [0, 0.1) is 0 Å². The molecular weight excluding hydrogens is 360 g/mol. The summed E-state index contributed by atoms with van der Waals surface area (Å²) >= 11 is 6.16. The van der Waals surface area contributed by atoms with Gasteiger partial charge in [-0.15, -0.1) is 0 Å². The van der Waals surface area contributed by atoms with Crippen molar-refractivity contribution in [1.82, 2.24) is 9.55 Å². The SMILES string of the molecule is CC(C)Oc1ccc2c(Cl)nc(C(=O)n3cccc3C(=O)O)c(O)c2c1. The molecule has 0 aliphatic carbocycles. The number of carboxylic acids is 1. The number of hydrogen-bond donors (Lipinski definition) is 2. The van der Waals surface area contributed by atoms with Crippen LogP contribution in [0.5, 0.6) is 11.5 Å². The predicted octanol–water partition coefficient (Wildman–Crippen LogP) is 3.57. The molecule has 0 aliphatic rings. The number of aromatic carboxylic acids is 1. The van der Waals surface area contributed by atoms with Gasteiger partial charge in [0.05, 0.1) is 6.10 Å². The van der Waals surface area contributed by atoms with Gasteiger partial charge in [0, 0.05) is 17.0 Å². The fourth-order valence-electron chi connectivity index (χ4n) is 2.58. The zero-order valence-corrected chi connectivity index (χ0v) is 14.7. The summed E-state index contributed by atoms with van der Waals surface area (Å²) < 4.78 is 6.49. The summed E-state index contributed by atoms with van der Waals surface area (Å²) in [7, 11) is 0. The number of carbonyl (C=O) groups is 2. The van der Waals surface area contributed by atoms with Gasteiger partial charge in [-0.25, -0.2) is 9.78 Å². The van der Waals surface area contributed by atoms with Crippen LogP contribution in [0.2, 0.25) is 5.15 Å². The number of nitrogens with zero attached hydrogens (tertiary/aromatic N) is 2. The summed E-state index contributed by atoms with van der Waals surface area (Å²) in [6, 6.07) is 7.56. The monoisotopic (exact) mass is 374 g/mol. The molecule has 3 rings (SSSR count). The first-order valence-electron chi connectivity index (χ1n) is 7.73. The molecule has 0 fully saturated rings. The minimum absolute atomic E-state index is 0.0151. The Kier molecular flexibility index (Phi) is 4.56. The Morgan fingerprint density at radius 3 is 2.62 bits per heavy atom. The second-order valence-corrected chi connectivity index (χ2v) is 6.21. The van der Waals surface area contributed by atoms with Crippen molar-refractivity contribution in [2.24, 2.45) is 0 Å². The summed E-state index contributed by atoms with van der Waals surface area (Å²) in [4.78, 5) is 27.9. The first-order valence-corrected chi connectivity index (χ1v) is 8.11. The van der Waals surface area contributed by atoms with Gasteiger partial charge in [0.15, 0.2) is 11.4 Å². The zero-order chi connectivity index (χ0) is 19.0. The number of carbonyl (C=O) groups excluding carboxylic acids is 1. The van der Waals surface area contributed by atoms with E-state index in [0.717, 1.165) is 4.57 Å². The summed E-state index contributed by atoms with van der Waals surface area (Å²) in [5.41, 5.74) is -0.591. The average molecular weight is 375 g/mol. The molecule has 7 nitrogen and oxygen atoms in total. The van der Waals surface area contributed by atoms with Crippen molar-refractivity contribution in [1.29, 1.82) is 0 Å². The molecule has 2 N–H and O–H groups in total. The maximum absolute atomic E-state index is 12.7. The topological polar surface area (TPSA) is 102 Å². The van der Waals surface area contributed by atoms with Crippen LogP contribution in [0.4, 0.5) is 0 Å². The number of ether oxygens (including phenoxy) is 1. The van der Waals surface area contributed by atoms with Crippen molar-refractivity contribution in [3.63, 3.8) is 0 Å². The molecule has 0 radical (unpaired) electrons. The first kappa shape index (κ1) is 17.8. The lowest BCUT2D eigenvalue weighted by atomic mass is 10.1. The predicted molar refractivity (Wildman–Crippen MR) is 95.3 cm³/mol. The number of halogens is 1. The Morgan fingerprint density at radius 1 is 1.23 bits per heavy atom. The molecule has 8 heteroatoms. The van der Waals surface area contributed by atoms with Crippen molar-refractivity contribution in [2.45, 2.75) is 20.0 Å². The summed E-state index contributed by atoms with van der Waals surface area (Å²) in [6.45, 7) is 3.72. The number of hydrogen-bond acceptors (Lipinski definition) is 5. The number of carboxylic acid groups (broad SMARTS) is 1. The van der Waals surface area contributed by atoms with Crippen LogP contribution in [0.15, 0.2) is 36.5 Å². The van der Waals surface area contributed by atoms with E-state index in [1.165, 1.54) is 18.3 Å². The molecule has 0 aliphatic heterocycles. The van der Waals surface area contributed by atoms with Gasteiger partial charge in [-0.3, -0.25) is 9.36 Å². The molecule has 3 aromatic rings. The van der Waals surface area contributed by atoms with Gasteiger partial charge in [0.1, 0.15) is 16.6 Å². The number of aromatic nitrogens is 2. The fourth-order valence-corrected chi connectivity index (χ4v) is 2.83. The van der Waals surface area contributed by atoms with Crippen molar-refractivity contribution in [2.75, 3.05) is 0 Å². The highest BCUT2D eigenvalue weighted by Crippen LogP contribution is 2.35. The van der Waals surface area contributed by atoms with Crippen LogP contribution < -0.4 is 4.74 Å². The minimum Gasteiger partial charge on any atom is -0.505 e. The zero-order valence-electron chi connectivity index (χ0n) is 13.9. The van der Waals surface area contributed by atoms with E-state index < -0.39 is 17.6 Å². The molecule has 0 saturated carbocycles. The van der Waals surface area contributed by atoms with Gasteiger partial charge in [-0.1, -0.05) is 11.6 Å². The van der Waals surface area contributed by atoms with Crippen molar-refractivity contribution < 1.29 is 24.5 Å². The smallest absolute Gasteiger partial charge is 0.352 e. The van der Waals surface area contributed by atoms with Crippen molar-refractivity contribution in [3.05, 3.63) is 53.1 Å². The van der Waals surface area contributed by atoms with Crippen LogP contribution in [0.1, 0.15) is 34.8 Å². The molecule has 2 heterocycles. The Hall–Kier alpha value is -3.06. The van der Waals surface area contributed by atoms with Gasteiger partial charge >= 0.3 is 5.97 Å². The Morgan fingerprint density at radius 2 is 1.96 bits per heavy atom. The molecule has 0 saturated heterocycles. The highest BCUT2D eigenvalue weighted by molar-refractivity contribution is 6.35. The van der Waals surface area contributed by atoms with Crippen LogP contribution >= 0.6 is 11.6 Å². The van der Waals surface area contributed by atoms with Crippen LogP contribution in [0.25, 0.3) is 10.8 Å².